The largest absolute Gasteiger partial charge is 0.280 e. The standard InChI is InChI=1S/C11H8BrF3N2/c12-5-7-6-16-17(10(7)11(14)15)9-4-2-1-3-8(9)13/h1-4,6,11H,5H2. The molecule has 1 aromatic carbocycles. The van der Waals surface area contributed by atoms with Gasteiger partial charge in [0.2, 0.25) is 0 Å². The molecular formula is C11H8BrF3N2. The van der Waals surface area contributed by atoms with Gasteiger partial charge in [-0.05, 0) is 12.1 Å². The van der Waals surface area contributed by atoms with Crippen LogP contribution in [0.3, 0.4) is 0 Å². The number of hydrogen-bond acceptors (Lipinski definition) is 1. The molecule has 1 aromatic heterocycles. The van der Waals surface area contributed by atoms with Gasteiger partial charge < -0.3 is 0 Å². The van der Waals surface area contributed by atoms with Crippen molar-refractivity contribution in [2.45, 2.75) is 11.8 Å². The molecule has 0 amide bonds. The van der Waals surface area contributed by atoms with E-state index in [1.165, 1.54) is 24.4 Å². The molecule has 0 saturated heterocycles. The zero-order valence-corrected chi connectivity index (χ0v) is 10.2. The predicted octanol–water partition coefficient (Wildman–Crippen LogP) is 3.84. The van der Waals surface area contributed by atoms with E-state index in [0.717, 1.165) is 4.68 Å². The lowest BCUT2D eigenvalue weighted by atomic mass is 10.2. The van der Waals surface area contributed by atoms with Crippen molar-refractivity contribution >= 4 is 15.9 Å². The first-order valence-corrected chi connectivity index (χ1v) is 5.93. The average molecular weight is 305 g/mol. The van der Waals surface area contributed by atoms with Crippen molar-refractivity contribution in [1.29, 1.82) is 0 Å². The number of benzene rings is 1. The van der Waals surface area contributed by atoms with E-state index in [0.29, 0.717) is 5.56 Å². The van der Waals surface area contributed by atoms with Gasteiger partial charge in [-0.2, -0.15) is 5.10 Å². The summed E-state index contributed by atoms with van der Waals surface area (Å²) in [5.41, 5.74) is 0.0882. The topological polar surface area (TPSA) is 17.8 Å². The van der Waals surface area contributed by atoms with Crippen molar-refractivity contribution in [3.05, 3.63) is 47.5 Å². The summed E-state index contributed by atoms with van der Waals surface area (Å²) in [6, 6.07) is 5.69. The molecule has 6 heteroatoms. The third-order valence-corrected chi connectivity index (χ3v) is 2.92. The van der Waals surface area contributed by atoms with Crippen LogP contribution in [0.4, 0.5) is 13.2 Å². The van der Waals surface area contributed by atoms with Gasteiger partial charge >= 0.3 is 0 Å². The summed E-state index contributed by atoms with van der Waals surface area (Å²) in [4.78, 5) is 0. The van der Waals surface area contributed by atoms with Gasteiger partial charge in [0.1, 0.15) is 17.2 Å². The quantitative estimate of drug-likeness (QED) is 0.788. The SMILES string of the molecule is Fc1ccccc1-n1ncc(CBr)c1C(F)F. The van der Waals surface area contributed by atoms with Crippen LogP contribution in [0.2, 0.25) is 0 Å². The zero-order valence-electron chi connectivity index (χ0n) is 8.58. The van der Waals surface area contributed by atoms with Crippen LogP contribution < -0.4 is 0 Å². The van der Waals surface area contributed by atoms with Crippen LogP contribution in [0.25, 0.3) is 5.69 Å². The third kappa shape index (κ3) is 2.22. The van der Waals surface area contributed by atoms with E-state index in [-0.39, 0.29) is 16.7 Å². The van der Waals surface area contributed by atoms with Crippen LogP contribution >= 0.6 is 15.9 Å². The van der Waals surface area contributed by atoms with E-state index >= 15 is 0 Å². The molecule has 0 atom stereocenters. The summed E-state index contributed by atoms with van der Waals surface area (Å²) in [6.07, 6.45) is -1.40. The molecule has 0 saturated carbocycles. The van der Waals surface area contributed by atoms with E-state index in [9.17, 15) is 13.2 Å². The summed E-state index contributed by atoms with van der Waals surface area (Å²) >= 11 is 3.10. The molecule has 0 radical (unpaired) electrons. The highest BCUT2D eigenvalue weighted by molar-refractivity contribution is 9.08. The van der Waals surface area contributed by atoms with E-state index < -0.39 is 12.2 Å². The van der Waals surface area contributed by atoms with Crippen LogP contribution in [-0.2, 0) is 5.33 Å². The first kappa shape index (κ1) is 12.2. The Hall–Kier alpha value is -1.30. The maximum absolute atomic E-state index is 13.5. The Morgan fingerprint density at radius 1 is 1.29 bits per heavy atom. The minimum Gasteiger partial charge on any atom is -0.229 e. The predicted molar refractivity (Wildman–Crippen MR) is 61.1 cm³/mol. The molecule has 0 aliphatic carbocycles. The molecule has 2 nitrogen and oxygen atoms in total. The summed E-state index contributed by atoms with van der Waals surface area (Å²) in [5.74, 6) is -0.585. The molecule has 90 valence electrons. The number of alkyl halides is 3. The summed E-state index contributed by atoms with van der Waals surface area (Å²) in [7, 11) is 0. The van der Waals surface area contributed by atoms with Crippen molar-refractivity contribution < 1.29 is 13.2 Å². The van der Waals surface area contributed by atoms with Crippen LogP contribution in [0.5, 0.6) is 0 Å². The van der Waals surface area contributed by atoms with Crippen LogP contribution in [-0.4, -0.2) is 9.78 Å². The Balaban J connectivity index is 2.60. The Kier molecular flexibility index (Phi) is 3.51. The van der Waals surface area contributed by atoms with Crippen molar-refractivity contribution in [1.82, 2.24) is 9.78 Å². The molecule has 0 spiro atoms. The molecule has 17 heavy (non-hydrogen) atoms. The fraction of sp³-hybridized carbons (Fsp3) is 0.182. The fourth-order valence-corrected chi connectivity index (χ4v) is 1.97. The molecular weight excluding hydrogens is 297 g/mol. The minimum absolute atomic E-state index is 0.0231. The van der Waals surface area contributed by atoms with Crippen LogP contribution in [0.15, 0.2) is 30.5 Å². The van der Waals surface area contributed by atoms with E-state index in [1.807, 2.05) is 0 Å². The van der Waals surface area contributed by atoms with E-state index in [2.05, 4.69) is 21.0 Å². The van der Waals surface area contributed by atoms with Gasteiger partial charge in [-0.25, -0.2) is 17.9 Å². The Morgan fingerprint density at radius 2 is 2.00 bits per heavy atom. The number of nitrogens with zero attached hydrogens (tertiary/aromatic N) is 2. The van der Waals surface area contributed by atoms with Gasteiger partial charge in [-0.15, -0.1) is 0 Å². The molecule has 2 rings (SSSR count). The maximum atomic E-state index is 13.5. The minimum atomic E-state index is -2.70. The van der Waals surface area contributed by atoms with Gasteiger partial charge in [-0.3, -0.25) is 0 Å². The molecule has 0 N–H and O–H groups in total. The number of halogens is 4. The van der Waals surface area contributed by atoms with E-state index in [4.69, 9.17) is 0 Å². The van der Waals surface area contributed by atoms with Crippen molar-refractivity contribution in [3.8, 4) is 5.69 Å². The smallest absolute Gasteiger partial charge is 0.229 e. The first-order chi connectivity index (χ1) is 8.15. The average Bonchev–Trinajstić information content (AvgIpc) is 2.73. The highest BCUT2D eigenvalue weighted by Gasteiger charge is 2.21. The lowest BCUT2D eigenvalue weighted by Crippen LogP contribution is -2.05. The molecule has 0 bridgehead atoms. The molecule has 1 heterocycles. The number of para-hydroxylation sites is 1. The van der Waals surface area contributed by atoms with Crippen molar-refractivity contribution in [3.63, 3.8) is 0 Å². The Bertz CT molecular complexity index is 525. The zero-order chi connectivity index (χ0) is 12.4. The Labute approximate surface area is 104 Å². The normalized spacial score (nSPS) is 11.1. The monoisotopic (exact) mass is 304 g/mol. The van der Waals surface area contributed by atoms with Gasteiger partial charge in [-0.1, -0.05) is 28.1 Å². The second-order valence-corrected chi connectivity index (χ2v) is 3.91. The van der Waals surface area contributed by atoms with Crippen molar-refractivity contribution in [2.75, 3.05) is 0 Å². The van der Waals surface area contributed by atoms with Gasteiger partial charge in [0, 0.05) is 10.9 Å². The molecule has 0 aliphatic rings. The summed E-state index contributed by atoms with van der Waals surface area (Å²) < 4.78 is 40.3. The number of aromatic nitrogens is 2. The van der Waals surface area contributed by atoms with Gasteiger partial charge in [0.15, 0.2) is 0 Å². The number of hydrogen-bond donors (Lipinski definition) is 0. The highest BCUT2D eigenvalue weighted by Crippen LogP contribution is 2.27. The second kappa shape index (κ2) is 4.91. The second-order valence-electron chi connectivity index (χ2n) is 3.35. The molecule has 0 fully saturated rings. The third-order valence-electron chi connectivity index (χ3n) is 2.32. The fourth-order valence-electron chi connectivity index (χ4n) is 1.54. The van der Waals surface area contributed by atoms with Gasteiger partial charge in [0.05, 0.1) is 6.20 Å². The molecule has 2 aromatic rings. The first-order valence-electron chi connectivity index (χ1n) is 4.81. The number of rotatable bonds is 3. The lowest BCUT2D eigenvalue weighted by Gasteiger charge is -2.08. The summed E-state index contributed by atoms with van der Waals surface area (Å²) in [6.45, 7) is 0. The lowest BCUT2D eigenvalue weighted by molar-refractivity contribution is 0.142. The molecule has 0 unspecified atom stereocenters. The molecule has 0 aliphatic heterocycles. The highest BCUT2D eigenvalue weighted by atomic mass is 79.9. The van der Waals surface area contributed by atoms with Crippen LogP contribution in [0, 0.1) is 5.82 Å². The van der Waals surface area contributed by atoms with Crippen molar-refractivity contribution in [2.24, 2.45) is 0 Å². The van der Waals surface area contributed by atoms with Gasteiger partial charge in [0.25, 0.3) is 6.43 Å². The Morgan fingerprint density at radius 3 is 2.59 bits per heavy atom. The van der Waals surface area contributed by atoms with Crippen LogP contribution in [0.1, 0.15) is 17.7 Å². The summed E-state index contributed by atoms with van der Waals surface area (Å²) in [5, 5.41) is 4.06. The maximum Gasteiger partial charge on any atom is 0.280 e. The van der Waals surface area contributed by atoms with E-state index in [1.54, 1.807) is 6.07 Å².